The Morgan fingerprint density at radius 1 is 0.885 bits per heavy atom. The average Bonchev–Trinajstić information content (AvgIpc) is 3.71. The number of pyridine rings is 1. The van der Waals surface area contributed by atoms with Gasteiger partial charge in [-0.1, -0.05) is 43.9 Å². The van der Waals surface area contributed by atoms with Gasteiger partial charge < -0.3 is 10.2 Å². The fourth-order valence-corrected chi connectivity index (χ4v) is 7.07. The minimum atomic E-state index is -0.615. The summed E-state index contributed by atoms with van der Waals surface area (Å²) < 4.78 is 5.06. The molecule has 3 amide bonds. The van der Waals surface area contributed by atoms with Gasteiger partial charge in [-0.2, -0.15) is 10.4 Å². The third-order valence-electron chi connectivity index (χ3n) is 9.92. The molecule has 1 aliphatic carbocycles. The maximum Gasteiger partial charge on any atom is 0.329 e. The number of fused-ring (bicyclic) bond motifs is 2. The van der Waals surface area contributed by atoms with Crippen molar-refractivity contribution in [1.29, 1.82) is 5.26 Å². The Hall–Kier alpha value is -5.61. The molecule has 2 saturated heterocycles. The number of amides is 3. The van der Waals surface area contributed by atoms with E-state index in [-0.39, 0.29) is 35.3 Å². The first-order valence-electron chi connectivity index (χ1n) is 18.1. The van der Waals surface area contributed by atoms with Crippen LogP contribution in [-0.4, -0.2) is 66.7 Å². The van der Waals surface area contributed by atoms with Crippen molar-refractivity contribution in [2.24, 2.45) is 7.05 Å². The molecule has 13 heteroatoms. The molecule has 0 radical (unpaired) electrons. The Kier molecular flexibility index (Phi) is 11.6. The molecule has 5 aromatic rings. The zero-order valence-electron chi connectivity index (χ0n) is 29.8. The Balaban J connectivity index is 0.000000155. The molecule has 1 saturated carbocycles. The molecular formula is C39H45N9O4. The summed E-state index contributed by atoms with van der Waals surface area (Å²) in [4.78, 5) is 54.1. The second-order valence-corrected chi connectivity index (χ2v) is 13.7. The van der Waals surface area contributed by atoms with E-state index < -0.39 is 11.9 Å². The zero-order chi connectivity index (χ0) is 36.6. The van der Waals surface area contributed by atoms with Crippen LogP contribution in [0.25, 0.3) is 21.9 Å². The number of nitrogens with one attached hydrogen (secondary N) is 2. The van der Waals surface area contributed by atoms with Crippen LogP contribution in [0.1, 0.15) is 92.5 Å². The van der Waals surface area contributed by atoms with Gasteiger partial charge in [0, 0.05) is 30.7 Å². The third-order valence-corrected chi connectivity index (χ3v) is 9.92. The van der Waals surface area contributed by atoms with Gasteiger partial charge in [0.2, 0.25) is 11.8 Å². The number of nitriles is 1. The number of hydrogen-bond acceptors (Lipinski definition) is 8. The van der Waals surface area contributed by atoms with E-state index in [1.54, 1.807) is 31.3 Å². The van der Waals surface area contributed by atoms with Gasteiger partial charge in [-0.25, -0.2) is 9.78 Å². The molecule has 3 aliphatic rings. The number of benzene rings is 2. The number of hydrogen-bond donors (Lipinski definition) is 2. The van der Waals surface area contributed by atoms with Gasteiger partial charge in [-0.15, -0.1) is 0 Å². The minimum Gasteiger partial charge on any atom is -0.321 e. The molecule has 2 aliphatic heterocycles. The molecular weight excluding hydrogens is 658 g/mol. The molecule has 3 aromatic heterocycles. The molecule has 8 rings (SSSR count). The zero-order valence-corrected chi connectivity index (χ0v) is 29.8. The van der Waals surface area contributed by atoms with Crippen LogP contribution in [0.5, 0.6) is 0 Å². The number of anilines is 1. The first-order valence-corrected chi connectivity index (χ1v) is 18.1. The van der Waals surface area contributed by atoms with Crippen molar-refractivity contribution in [2.45, 2.75) is 76.3 Å². The van der Waals surface area contributed by atoms with E-state index in [4.69, 9.17) is 10.4 Å². The summed E-state index contributed by atoms with van der Waals surface area (Å²) in [7, 11) is 3.87. The van der Waals surface area contributed by atoms with Crippen LogP contribution in [0.3, 0.4) is 0 Å². The monoisotopic (exact) mass is 703 g/mol. The van der Waals surface area contributed by atoms with E-state index in [0.29, 0.717) is 23.7 Å². The first kappa shape index (κ1) is 36.2. The third kappa shape index (κ3) is 8.46. The van der Waals surface area contributed by atoms with Crippen LogP contribution in [0.4, 0.5) is 5.69 Å². The predicted molar refractivity (Wildman–Crippen MR) is 199 cm³/mol. The van der Waals surface area contributed by atoms with Crippen LogP contribution in [-0.2, 0) is 16.6 Å². The van der Waals surface area contributed by atoms with Crippen molar-refractivity contribution in [2.75, 3.05) is 25.5 Å². The van der Waals surface area contributed by atoms with Crippen molar-refractivity contribution in [3.05, 3.63) is 88.7 Å². The van der Waals surface area contributed by atoms with Crippen LogP contribution in [0.15, 0.2) is 71.7 Å². The van der Waals surface area contributed by atoms with E-state index in [1.165, 1.54) is 73.6 Å². The second kappa shape index (κ2) is 16.6. The lowest BCUT2D eigenvalue weighted by molar-refractivity contribution is -0.135. The molecule has 0 bridgehead atoms. The van der Waals surface area contributed by atoms with E-state index >= 15 is 0 Å². The molecule has 3 fully saturated rings. The SMILES string of the molecule is CN1CCCCC1.Cn1c(=O)n(C2CCC(=O)NC2=O)c2ccccc21.N#Cc1cccc(C(=O)Nc2ccc3nn(C4CCCCC4)cc3c2)n1. The smallest absolute Gasteiger partial charge is 0.321 e. The highest BCUT2D eigenvalue weighted by molar-refractivity contribution is 6.04. The summed E-state index contributed by atoms with van der Waals surface area (Å²) in [5, 5.41) is 19.7. The van der Waals surface area contributed by atoms with Gasteiger partial charge >= 0.3 is 5.69 Å². The molecule has 2 aromatic carbocycles. The number of nitrogens with zero attached hydrogens (tertiary/aromatic N) is 7. The van der Waals surface area contributed by atoms with Gasteiger partial charge in [0.15, 0.2) is 0 Å². The normalized spacial score (nSPS) is 18.1. The van der Waals surface area contributed by atoms with Crippen molar-refractivity contribution >= 4 is 45.3 Å². The Labute approximate surface area is 302 Å². The van der Waals surface area contributed by atoms with Crippen LogP contribution in [0, 0.1) is 11.3 Å². The Morgan fingerprint density at radius 3 is 2.31 bits per heavy atom. The molecule has 2 N–H and O–H groups in total. The van der Waals surface area contributed by atoms with Gasteiger partial charge in [0.1, 0.15) is 23.5 Å². The van der Waals surface area contributed by atoms with Gasteiger partial charge in [0.05, 0.1) is 22.6 Å². The number of piperidine rings is 2. The highest BCUT2D eigenvalue weighted by atomic mass is 16.2. The van der Waals surface area contributed by atoms with Crippen LogP contribution in [0.2, 0.25) is 0 Å². The van der Waals surface area contributed by atoms with Gasteiger partial charge in [-0.3, -0.25) is 33.5 Å². The standard InChI is InChI=1S/C20H19N5O.C13H13N3O3.C6H13N/c21-12-16-5-4-8-19(22-16)20(26)23-15-9-10-18-14(11-15)13-25(24-18)17-6-2-1-3-7-17;1-15-8-4-2-3-5-9(8)16(13(15)19)10-6-7-11(17)14-12(10)18;1-7-5-3-2-4-6-7/h4-5,8-11,13,17H,1-3,6-7H2,(H,23,26);2-5,10H,6-7H2,1H3,(H,14,17,18);2-6H2,1H3. The van der Waals surface area contributed by atoms with Gasteiger partial charge in [0.25, 0.3) is 5.91 Å². The van der Waals surface area contributed by atoms with Crippen LogP contribution < -0.4 is 16.3 Å². The Morgan fingerprint density at radius 2 is 1.62 bits per heavy atom. The summed E-state index contributed by atoms with van der Waals surface area (Å²) in [6.45, 7) is 2.64. The fraction of sp³-hybridized carbons (Fsp3) is 0.410. The number of carbonyl (C=O) groups excluding carboxylic acids is 3. The predicted octanol–water partition coefficient (Wildman–Crippen LogP) is 5.48. The number of imidazole rings is 1. The largest absolute Gasteiger partial charge is 0.329 e. The quantitative estimate of drug-likeness (QED) is 0.233. The highest BCUT2D eigenvalue weighted by Gasteiger charge is 2.31. The van der Waals surface area contributed by atoms with Crippen molar-refractivity contribution in [1.82, 2.24) is 34.1 Å². The van der Waals surface area contributed by atoms with E-state index in [2.05, 4.69) is 38.4 Å². The molecule has 13 nitrogen and oxygen atoms in total. The van der Waals surface area contributed by atoms with E-state index in [9.17, 15) is 19.2 Å². The summed E-state index contributed by atoms with van der Waals surface area (Å²) in [6.07, 6.45) is 13.1. The fourth-order valence-electron chi connectivity index (χ4n) is 7.07. The number of carbonyl (C=O) groups is 3. The second-order valence-electron chi connectivity index (χ2n) is 13.7. The molecule has 5 heterocycles. The number of aryl methyl sites for hydroxylation is 1. The summed E-state index contributed by atoms with van der Waals surface area (Å²) in [6, 6.07) is 19.6. The number of aromatic nitrogens is 5. The maximum atomic E-state index is 12.4. The molecule has 52 heavy (non-hydrogen) atoms. The molecule has 0 spiro atoms. The maximum absolute atomic E-state index is 12.4. The molecule has 1 atom stereocenters. The Bertz CT molecular complexity index is 2160. The average molecular weight is 704 g/mol. The van der Waals surface area contributed by atoms with Crippen molar-refractivity contribution in [3.8, 4) is 6.07 Å². The topological polar surface area (TPSA) is 160 Å². The van der Waals surface area contributed by atoms with Crippen molar-refractivity contribution in [3.63, 3.8) is 0 Å². The van der Waals surface area contributed by atoms with Crippen molar-refractivity contribution < 1.29 is 14.4 Å². The highest BCUT2D eigenvalue weighted by Crippen LogP contribution is 2.29. The lowest BCUT2D eigenvalue weighted by atomic mass is 9.96. The summed E-state index contributed by atoms with van der Waals surface area (Å²) >= 11 is 0. The number of para-hydroxylation sites is 2. The minimum absolute atomic E-state index is 0.224. The molecule has 270 valence electrons. The number of likely N-dealkylation sites (tertiary alicyclic amines) is 1. The van der Waals surface area contributed by atoms with E-state index in [0.717, 1.165) is 16.4 Å². The first-order chi connectivity index (χ1) is 25.2. The number of rotatable bonds is 4. The lowest BCUT2D eigenvalue weighted by Crippen LogP contribution is -2.44. The van der Waals surface area contributed by atoms with Crippen LogP contribution >= 0.6 is 0 Å². The summed E-state index contributed by atoms with van der Waals surface area (Å²) in [5.74, 6) is -1.02. The molecule has 1 unspecified atom stereocenters. The number of imide groups is 1. The lowest BCUT2D eigenvalue weighted by Gasteiger charge is -2.21. The van der Waals surface area contributed by atoms with Gasteiger partial charge in [-0.05, 0) is 94.7 Å². The van der Waals surface area contributed by atoms with E-state index in [1.807, 2.05) is 42.5 Å². The summed E-state index contributed by atoms with van der Waals surface area (Å²) in [5.41, 5.74) is 3.31.